The number of hydrogen-bond acceptors (Lipinski definition) is 3. The number of rotatable bonds is 9. The third-order valence-electron chi connectivity index (χ3n) is 2.35. The van der Waals surface area contributed by atoms with Crippen LogP contribution in [0.25, 0.3) is 0 Å². The first-order valence-electron chi connectivity index (χ1n) is 5.76. The van der Waals surface area contributed by atoms with E-state index in [2.05, 4.69) is 6.92 Å². The second-order valence-electron chi connectivity index (χ2n) is 4.12. The molecule has 0 aromatic carbocycles. The Bertz CT molecular complexity index is 165. The molecule has 1 aliphatic heterocycles. The van der Waals surface area contributed by atoms with Crippen molar-refractivity contribution in [2.75, 3.05) is 13.2 Å². The third-order valence-corrected chi connectivity index (χ3v) is 3.14. The molecule has 0 N–H and O–H groups in total. The largest absolute Gasteiger partial charge is 0.371 e. The van der Waals surface area contributed by atoms with Crippen LogP contribution in [0.15, 0.2) is 0 Å². The fourth-order valence-corrected chi connectivity index (χ4v) is 2.09. The fraction of sp³-hybridized carbons (Fsp3) is 1.00. The third kappa shape index (κ3) is 7.14. The molecule has 4 heteroatoms. The van der Waals surface area contributed by atoms with Gasteiger partial charge in [-0.25, -0.2) is 4.39 Å². The van der Waals surface area contributed by atoms with Crippen LogP contribution >= 0.6 is 12.0 Å². The molecule has 2 nitrogen and oxygen atoms in total. The average molecular weight is 236 g/mol. The van der Waals surface area contributed by atoms with Crippen LogP contribution in [0.2, 0.25) is 0 Å². The van der Waals surface area contributed by atoms with E-state index in [-0.39, 0.29) is 5.25 Å². The highest BCUT2D eigenvalue weighted by Crippen LogP contribution is 2.22. The van der Waals surface area contributed by atoms with Gasteiger partial charge in [-0.3, -0.25) is 0 Å². The topological polar surface area (TPSA) is 21.8 Å². The van der Waals surface area contributed by atoms with Crippen molar-refractivity contribution >= 4 is 12.0 Å². The minimum absolute atomic E-state index is 0.232. The molecule has 1 heterocycles. The van der Waals surface area contributed by atoms with Crippen molar-refractivity contribution in [3.8, 4) is 0 Å². The quantitative estimate of drug-likeness (QED) is 0.452. The summed E-state index contributed by atoms with van der Waals surface area (Å²) in [4.78, 5) is 0. The lowest BCUT2D eigenvalue weighted by Gasteiger charge is -2.13. The Morgan fingerprint density at radius 1 is 1.60 bits per heavy atom. The summed E-state index contributed by atoms with van der Waals surface area (Å²) in [5.74, 6) is 0. The van der Waals surface area contributed by atoms with Crippen LogP contribution in [0.4, 0.5) is 4.39 Å². The fourth-order valence-electron chi connectivity index (χ4n) is 1.34. The van der Waals surface area contributed by atoms with Crippen molar-refractivity contribution in [2.24, 2.45) is 0 Å². The molecule has 1 fully saturated rings. The number of alkyl halides is 1. The Labute approximate surface area is 96.1 Å². The van der Waals surface area contributed by atoms with Crippen LogP contribution in [0.1, 0.15) is 39.5 Å². The first-order chi connectivity index (χ1) is 7.22. The summed E-state index contributed by atoms with van der Waals surface area (Å²) < 4.78 is 23.7. The van der Waals surface area contributed by atoms with E-state index in [4.69, 9.17) is 8.92 Å². The molecule has 0 spiro atoms. The Morgan fingerprint density at radius 3 is 2.93 bits per heavy atom. The van der Waals surface area contributed by atoms with E-state index in [0.717, 1.165) is 19.4 Å². The molecule has 1 saturated heterocycles. The molecular formula is C11H21FO2S. The molecule has 90 valence electrons. The molecular weight excluding hydrogens is 215 g/mol. The van der Waals surface area contributed by atoms with Crippen molar-refractivity contribution in [2.45, 2.75) is 57.1 Å². The molecule has 0 amide bonds. The first kappa shape index (κ1) is 13.3. The molecule has 0 aromatic heterocycles. The number of ether oxygens (including phenoxy) is 1. The maximum Gasteiger partial charge on any atom is 0.105 e. The van der Waals surface area contributed by atoms with Gasteiger partial charge >= 0.3 is 0 Å². The SMILES string of the molecule is CCCCC(F)CC(C)SOCC1CO1. The summed E-state index contributed by atoms with van der Waals surface area (Å²) in [6.07, 6.45) is 2.95. The minimum Gasteiger partial charge on any atom is -0.371 e. The van der Waals surface area contributed by atoms with Crippen molar-refractivity contribution in [3.63, 3.8) is 0 Å². The van der Waals surface area contributed by atoms with Gasteiger partial charge in [0.05, 0.1) is 13.2 Å². The number of hydrogen-bond donors (Lipinski definition) is 0. The van der Waals surface area contributed by atoms with Crippen molar-refractivity contribution in [1.29, 1.82) is 0 Å². The van der Waals surface area contributed by atoms with Gasteiger partial charge in [0.1, 0.15) is 12.3 Å². The lowest BCUT2D eigenvalue weighted by atomic mass is 10.1. The summed E-state index contributed by atoms with van der Waals surface area (Å²) in [5.41, 5.74) is 0. The van der Waals surface area contributed by atoms with Gasteiger partial charge in [0.25, 0.3) is 0 Å². The molecule has 1 rings (SSSR count). The average Bonchev–Trinajstić information content (AvgIpc) is 2.98. The molecule has 0 radical (unpaired) electrons. The summed E-state index contributed by atoms with van der Waals surface area (Å²) in [5, 5.41) is 0.232. The predicted molar refractivity (Wildman–Crippen MR) is 61.8 cm³/mol. The van der Waals surface area contributed by atoms with E-state index in [1.807, 2.05) is 6.92 Å². The minimum atomic E-state index is -0.673. The molecule has 1 aliphatic rings. The van der Waals surface area contributed by atoms with Gasteiger partial charge in [0.15, 0.2) is 0 Å². The monoisotopic (exact) mass is 236 g/mol. The van der Waals surface area contributed by atoms with Gasteiger partial charge in [0, 0.05) is 5.25 Å². The maximum atomic E-state index is 13.3. The highest BCUT2D eigenvalue weighted by atomic mass is 32.2. The Morgan fingerprint density at radius 2 is 2.33 bits per heavy atom. The van der Waals surface area contributed by atoms with Crippen LogP contribution in [-0.2, 0) is 8.92 Å². The molecule has 0 aliphatic carbocycles. The first-order valence-corrected chi connectivity index (χ1v) is 6.56. The van der Waals surface area contributed by atoms with Crippen molar-refractivity contribution in [1.82, 2.24) is 0 Å². The summed E-state index contributed by atoms with van der Waals surface area (Å²) in [7, 11) is 0. The summed E-state index contributed by atoms with van der Waals surface area (Å²) in [6.45, 7) is 5.55. The normalized spacial score (nSPS) is 23.8. The zero-order chi connectivity index (χ0) is 11.1. The molecule has 0 aromatic rings. The van der Waals surface area contributed by atoms with E-state index in [0.29, 0.717) is 25.6 Å². The van der Waals surface area contributed by atoms with E-state index >= 15 is 0 Å². The molecule has 0 saturated carbocycles. The molecule has 3 unspecified atom stereocenters. The van der Waals surface area contributed by atoms with Crippen molar-refractivity contribution in [3.05, 3.63) is 0 Å². The highest BCUT2D eigenvalue weighted by Gasteiger charge is 2.23. The van der Waals surface area contributed by atoms with Gasteiger partial charge in [-0.2, -0.15) is 0 Å². The smallest absolute Gasteiger partial charge is 0.105 e. The van der Waals surface area contributed by atoms with Crippen molar-refractivity contribution < 1.29 is 13.3 Å². The van der Waals surface area contributed by atoms with Crippen LogP contribution in [0.5, 0.6) is 0 Å². The van der Waals surface area contributed by atoms with Gasteiger partial charge < -0.3 is 8.92 Å². The zero-order valence-electron chi connectivity index (χ0n) is 9.58. The van der Waals surface area contributed by atoms with Gasteiger partial charge in [0.2, 0.25) is 0 Å². The van der Waals surface area contributed by atoms with Gasteiger partial charge in [-0.1, -0.05) is 26.7 Å². The van der Waals surface area contributed by atoms with E-state index in [1.54, 1.807) is 0 Å². The second kappa shape index (κ2) is 7.47. The van der Waals surface area contributed by atoms with Gasteiger partial charge in [-0.15, -0.1) is 0 Å². The van der Waals surface area contributed by atoms with E-state index < -0.39 is 6.17 Å². The summed E-state index contributed by atoms with van der Waals surface area (Å²) >= 11 is 1.39. The number of unbranched alkanes of at least 4 members (excludes halogenated alkanes) is 1. The molecule has 0 bridgehead atoms. The van der Waals surface area contributed by atoms with Crippen LogP contribution < -0.4 is 0 Å². The van der Waals surface area contributed by atoms with Crippen LogP contribution in [0, 0.1) is 0 Å². The lowest BCUT2D eigenvalue weighted by molar-refractivity contribution is 0.278. The van der Waals surface area contributed by atoms with E-state index in [9.17, 15) is 4.39 Å². The standard InChI is InChI=1S/C11H21FO2S/c1-3-4-5-10(12)6-9(2)15-14-8-11-7-13-11/h9-11H,3-8H2,1-2H3. The predicted octanol–water partition coefficient (Wildman–Crippen LogP) is 3.36. The Hall–Kier alpha value is 0.200. The highest BCUT2D eigenvalue weighted by molar-refractivity contribution is 7.95. The second-order valence-corrected chi connectivity index (χ2v) is 5.35. The Balaban J connectivity index is 1.92. The van der Waals surface area contributed by atoms with Crippen LogP contribution in [0.3, 0.4) is 0 Å². The molecule has 15 heavy (non-hydrogen) atoms. The number of epoxide rings is 1. The number of halogens is 1. The maximum absolute atomic E-state index is 13.3. The van der Waals surface area contributed by atoms with Gasteiger partial charge in [-0.05, 0) is 24.9 Å². The zero-order valence-corrected chi connectivity index (χ0v) is 10.4. The lowest BCUT2D eigenvalue weighted by Crippen LogP contribution is -2.10. The van der Waals surface area contributed by atoms with E-state index in [1.165, 1.54) is 12.0 Å². The van der Waals surface area contributed by atoms with Crippen LogP contribution in [-0.4, -0.2) is 30.7 Å². The Kier molecular flexibility index (Phi) is 6.61. The molecule has 3 atom stereocenters. The summed E-state index contributed by atoms with van der Waals surface area (Å²) in [6, 6.07) is 0.